The van der Waals surface area contributed by atoms with Crippen LogP contribution < -0.4 is 0 Å². The van der Waals surface area contributed by atoms with E-state index >= 15 is 0 Å². The van der Waals surface area contributed by atoms with Crippen molar-refractivity contribution in [3.05, 3.63) is 0 Å². The van der Waals surface area contributed by atoms with Gasteiger partial charge in [-0.1, -0.05) is 13.8 Å². The van der Waals surface area contributed by atoms with Crippen LogP contribution in [0, 0.1) is 17.2 Å². The number of nitriles is 1. The number of thioether (sulfide) groups is 1. The van der Waals surface area contributed by atoms with Gasteiger partial charge in [0.15, 0.2) is 0 Å². The third kappa shape index (κ3) is 4.63. The molecular weight excluding hydrogens is 170 g/mol. The first kappa shape index (κ1) is 11.8. The molecule has 0 radical (unpaired) electrons. The summed E-state index contributed by atoms with van der Waals surface area (Å²) in [7, 11) is 0. The normalized spacial score (nSPS) is 15.2. The molecule has 0 amide bonds. The van der Waals surface area contributed by atoms with Gasteiger partial charge in [-0.05, 0) is 24.3 Å². The molecule has 2 atom stereocenters. The Kier molecular flexibility index (Phi) is 7.33. The molecule has 0 aliphatic heterocycles. The predicted octanol–water partition coefficient (Wildman–Crippen LogP) is 2.04. The summed E-state index contributed by atoms with van der Waals surface area (Å²) >= 11 is 1.81. The molecule has 3 heteroatoms. The van der Waals surface area contributed by atoms with Gasteiger partial charge in [-0.25, -0.2) is 0 Å². The van der Waals surface area contributed by atoms with Crippen LogP contribution >= 0.6 is 11.8 Å². The zero-order valence-electron chi connectivity index (χ0n) is 7.79. The summed E-state index contributed by atoms with van der Waals surface area (Å²) in [6.45, 7) is 4.03. The second-order valence-electron chi connectivity index (χ2n) is 2.70. The van der Waals surface area contributed by atoms with Gasteiger partial charge in [-0.15, -0.1) is 0 Å². The van der Waals surface area contributed by atoms with Crippen molar-refractivity contribution in [1.82, 2.24) is 0 Å². The molecular formula is C9H17NOS. The molecule has 0 aromatic carbocycles. The highest BCUT2D eigenvalue weighted by atomic mass is 32.2. The van der Waals surface area contributed by atoms with Crippen molar-refractivity contribution in [2.75, 3.05) is 11.5 Å². The fourth-order valence-corrected chi connectivity index (χ4v) is 1.70. The van der Waals surface area contributed by atoms with E-state index in [-0.39, 0.29) is 5.92 Å². The lowest BCUT2D eigenvalue weighted by Gasteiger charge is -2.13. The van der Waals surface area contributed by atoms with Gasteiger partial charge in [0.05, 0.1) is 18.1 Å². The zero-order chi connectivity index (χ0) is 9.40. The number of hydrogen-bond acceptors (Lipinski definition) is 3. The molecule has 0 saturated heterocycles. The molecule has 2 unspecified atom stereocenters. The number of aliphatic hydroxyl groups is 1. The maximum absolute atomic E-state index is 9.50. The van der Waals surface area contributed by atoms with Crippen LogP contribution in [0.2, 0.25) is 0 Å². The van der Waals surface area contributed by atoms with E-state index in [1.165, 1.54) is 0 Å². The second kappa shape index (κ2) is 7.45. The standard InChI is InChI=1S/C9H17NOS/c1-3-8(7-10)9(11)5-6-12-4-2/h8-9,11H,3-6H2,1-2H3. The molecule has 0 rings (SSSR count). The first-order valence-corrected chi connectivity index (χ1v) is 5.57. The first-order valence-electron chi connectivity index (χ1n) is 4.41. The van der Waals surface area contributed by atoms with E-state index < -0.39 is 6.10 Å². The lowest BCUT2D eigenvalue weighted by molar-refractivity contribution is 0.128. The Bertz CT molecular complexity index is 144. The molecule has 0 saturated carbocycles. The van der Waals surface area contributed by atoms with Crippen molar-refractivity contribution in [3.8, 4) is 6.07 Å². The van der Waals surface area contributed by atoms with Gasteiger partial charge in [-0.2, -0.15) is 17.0 Å². The largest absolute Gasteiger partial charge is 0.392 e. The average Bonchev–Trinajstić information content (AvgIpc) is 2.07. The van der Waals surface area contributed by atoms with Crippen molar-refractivity contribution in [3.63, 3.8) is 0 Å². The molecule has 0 aliphatic rings. The molecule has 0 spiro atoms. The average molecular weight is 187 g/mol. The lowest BCUT2D eigenvalue weighted by atomic mass is 10.00. The Morgan fingerprint density at radius 2 is 2.17 bits per heavy atom. The Hall–Kier alpha value is -0.200. The number of rotatable bonds is 6. The van der Waals surface area contributed by atoms with Crippen LogP contribution in [0.4, 0.5) is 0 Å². The molecule has 12 heavy (non-hydrogen) atoms. The molecule has 0 aliphatic carbocycles. The Morgan fingerprint density at radius 1 is 1.50 bits per heavy atom. The maximum atomic E-state index is 9.50. The first-order chi connectivity index (χ1) is 5.76. The number of aliphatic hydroxyl groups excluding tert-OH is 1. The number of hydrogen-bond donors (Lipinski definition) is 1. The van der Waals surface area contributed by atoms with Crippen molar-refractivity contribution >= 4 is 11.8 Å². The van der Waals surface area contributed by atoms with E-state index in [1.807, 2.05) is 6.92 Å². The van der Waals surface area contributed by atoms with Crippen LogP contribution in [0.25, 0.3) is 0 Å². The highest BCUT2D eigenvalue weighted by Crippen LogP contribution is 2.13. The molecule has 1 N–H and O–H groups in total. The van der Waals surface area contributed by atoms with Crippen molar-refractivity contribution in [2.24, 2.45) is 5.92 Å². The Labute approximate surface area is 79.0 Å². The minimum Gasteiger partial charge on any atom is -0.392 e. The van der Waals surface area contributed by atoms with Crippen LogP contribution in [-0.4, -0.2) is 22.7 Å². The van der Waals surface area contributed by atoms with Gasteiger partial charge in [-0.3, -0.25) is 0 Å². The predicted molar refractivity (Wildman–Crippen MR) is 53.0 cm³/mol. The third-order valence-electron chi connectivity index (χ3n) is 1.83. The Morgan fingerprint density at radius 3 is 2.58 bits per heavy atom. The molecule has 0 aromatic rings. The fraction of sp³-hybridized carbons (Fsp3) is 0.889. The van der Waals surface area contributed by atoms with E-state index in [9.17, 15) is 5.11 Å². The SMILES string of the molecule is CCSCCC(O)C(C#N)CC. The van der Waals surface area contributed by atoms with Gasteiger partial charge in [0.25, 0.3) is 0 Å². The molecule has 2 nitrogen and oxygen atoms in total. The summed E-state index contributed by atoms with van der Waals surface area (Å²) in [5.41, 5.74) is 0. The second-order valence-corrected chi connectivity index (χ2v) is 4.09. The van der Waals surface area contributed by atoms with Crippen molar-refractivity contribution in [2.45, 2.75) is 32.8 Å². The molecule has 0 fully saturated rings. The van der Waals surface area contributed by atoms with Crippen LogP contribution in [0.15, 0.2) is 0 Å². The molecule has 0 aromatic heterocycles. The highest BCUT2D eigenvalue weighted by molar-refractivity contribution is 7.99. The van der Waals surface area contributed by atoms with E-state index in [2.05, 4.69) is 13.0 Å². The minimum atomic E-state index is -0.431. The van der Waals surface area contributed by atoms with E-state index in [1.54, 1.807) is 11.8 Å². The molecule has 0 heterocycles. The van der Waals surface area contributed by atoms with E-state index in [0.717, 1.165) is 24.3 Å². The third-order valence-corrected chi connectivity index (χ3v) is 2.76. The molecule has 0 bridgehead atoms. The summed E-state index contributed by atoms with van der Waals surface area (Å²) < 4.78 is 0. The van der Waals surface area contributed by atoms with E-state index in [0.29, 0.717) is 0 Å². The van der Waals surface area contributed by atoms with Gasteiger partial charge < -0.3 is 5.11 Å². The monoisotopic (exact) mass is 187 g/mol. The quantitative estimate of drug-likeness (QED) is 0.647. The van der Waals surface area contributed by atoms with E-state index in [4.69, 9.17) is 5.26 Å². The topological polar surface area (TPSA) is 44.0 Å². The highest BCUT2D eigenvalue weighted by Gasteiger charge is 2.15. The van der Waals surface area contributed by atoms with Gasteiger partial charge >= 0.3 is 0 Å². The summed E-state index contributed by atoms with van der Waals surface area (Å²) in [5, 5.41) is 18.1. The zero-order valence-corrected chi connectivity index (χ0v) is 8.60. The smallest absolute Gasteiger partial charge is 0.0720 e. The van der Waals surface area contributed by atoms with Crippen molar-refractivity contribution in [1.29, 1.82) is 5.26 Å². The van der Waals surface area contributed by atoms with Crippen molar-refractivity contribution < 1.29 is 5.11 Å². The lowest BCUT2D eigenvalue weighted by Crippen LogP contribution is -2.18. The Balaban J connectivity index is 3.56. The summed E-state index contributed by atoms with van der Waals surface area (Å²) in [5.74, 6) is 1.86. The van der Waals surface area contributed by atoms with Crippen LogP contribution in [0.3, 0.4) is 0 Å². The van der Waals surface area contributed by atoms with Crippen LogP contribution in [-0.2, 0) is 0 Å². The van der Waals surface area contributed by atoms with Gasteiger partial charge in [0.2, 0.25) is 0 Å². The number of nitrogens with zero attached hydrogens (tertiary/aromatic N) is 1. The van der Waals surface area contributed by atoms with Crippen LogP contribution in [0.1, 0.15) is 26.7 Å². The summed E-state index contributed by atoms with van der Waals surface area (Å²) in [6, 6.07) is 2.12. The summed E-state index contributed by atoms with van der Waals surface area (Å²) in [6.07, 6.45) is 1.05. The fourth-order valence-electron chi connectivity index (χ4n) is 0.999. The summed E-state index contributed by atoms with van der Waals surface area (Å²) in [4.78, 5) is 0. The van der Waals surface area contributed by atoms with Gasteiger partial charge in [0.1, 0.15) is 0 Å². The molecule has 70 valence electrons. The van der Waals surface area contributed by atoms with Crippen LogP contribution in [0.5, 0.6) is 0 Å². The van der Waals surface area contributed by atoms with Gasteiger partial charge in [0, 0.05) is 0 Å². The minimum absolute atomic E-state index is 0.178. The maximum Gasteiger partial charge on any atom is 0.0720 e.